The maximum Gasteiger partial charge on any atom is 0.252 e. The summed E-state index contributed by atoms with van der Waals surface area (Å²) in [6.07, 6.45) is 0. The quantitative estimate of drug-likeness (QED) is 0.162. The number of rotatable bonds is 4. The first-order valence-corrected chi connectivity index (χ1v) is 26.8. The molecule has 2 aromatic heterocycles. The van der Waals surface area contributed by atoms with Crippen LogP contribution >= 0.6 is 22.7 Å². The van der Waals surface area contributed by atoms with E-state index in [0.717, 1.165) is 11.4 Å². The van der Waals surface area contributed by atoms with Gasteiger partial charge in [0.2, 0.25) is 0 Å². The smallest absolute Gasteiger partial charge is 0.252 e. The number of anilines is 6. The lowest BCUT2D eigenvalue weighted by Gasteiger charge is -2.45. The van der Waals surface area contributed by atoms with Gasteiger partial charge in [0, 0.05) is 74.5 Å². The molecule has 0 N–H and O–H groups in total. The minimum Gasteiger partial charge on any atom is -0.311 e. The molecule has 0 atom stereocenters. The zero-order chi connectivity index (χ0) is 48.7. The van der Waals surface area contributed by atoms with E-state index >= 15 is 0 Å². The fraction of sp³-hybridized carbons (Fsp3) is 0.182. The molecule has 71 heavy (non-hydrogen) atoms. The molecule has 0 saturated heterocycles. The summed E-state index contributed by atoms with van der Waals surface area (Å²) in [7, 11) is 0. The van der Waals surface area contributed by atoms with Crippen molar-refractivity contribution >= 4 is 120 Å². The molecule has 0 saturated carbocycles. The summed E-state index contributed by atoms with van der Waals surface area (Å²) < 4.78 is 5.29. The van der Waals surface area contributed by atoms with E-state index in [-0.39, 0.29) is 23.0 Å². The largest absolute Gasteiger partial charge is 0.311 e. The standard InChI is InChI=1S/C66H57BN2S2/c1-64(2,3)42-30-32-51-53(36-42)68(45-20-14-18-40(34-45)47-24-16-28-59-61(47)49-22-10-12-26-57(49)70-59)55-38-44(66(7,8)9)39-56-63(55)67(51)52-33-31-43(65(4,5)6)37-54(52)69(56)46-21-15-19-41(35-46)48-25-17-29-60-62(48)50-23-11-13-27-58(50)71-60/h10-39H,1-9H3. The van der Waals surface area contributed by atoms with E-state index in [9.17, 15) is 0 Å². The lowest BCUT2D eigenvalue weighted by atomic mass is 9.33. The van der Waals surface area contributed by atoms with Crippen molar-refractivity contribution in [3.63, 3.8) is 0 Å². The summed E-state index contributed by atoms with van der Waals surface area (Å²) in [5, 5.41) is 5.30. The highest BCUT2D eigenvalue weighted by atomic mass is 32.1. The second-order valence-corrected chi connectivity index (χ2v) is 25.2. The van der Waals surface area contributed by atoms with Gasteiger partial charge in [-0.15, -0.1) is 22.7 Å². The first kappa shape index (κ1) is 44.1. The molecule has 11 aromatic rings. The van der Waals surface area contributed by atoms with Gasteiger partial charge in [-0.1, -0.05) is 172 Å². The molecule has 0 spiro atoms. The highest BCUT2D eigenvalue weighted by molar-refractivity contribution is 7.26. The minimum absolute atomic E-state index is 0.0118. The van der Waals surface area contributed by atoms with Gasteiger partial charge in [-0.3, -0.25) is 0 Å². The van der Waals surface area contributed by atoms with E-state index < -0.39 is 0 Å². The van der Waals surface area contributed by atoms with E-state index in [1.807, 2.05) is 22.7 Å². The summed E-state index contributed by atoms with van der Waals surface area (Å²) in [5.74, 6) is 0. The lowest BCUT2D eigenvalue weighted by Crippen LogP contribution is -2.61. The first-order chi connectivity index (χ1) is 34.1. The Morgan fingerprint density at radius 3 is 1.18 bits per heavy atom. The van der Waals surface area contributed by atoms with Crippen molar-refractivity contribution in [2.75, 3.05) is 9.80 Å². The van der Waals surface area contributed by atoms with Crippen molar-refractivity contribution in [3.05, 3.63) is 199 Å². The van der Waals surface area contributed by atoms with Crippen LogP contribution in [0.15, 0.2) is 182 Å². The van der Waals surface area contributed by atoms with Crippen LogP contribution in [0.5, 0.6) is 0 Å². The molecule has 2 aliphatic heterocycles. The van der Waals surface area contributed by atoms with Gasteiger partial charge in [0.15, 0.2) is 0 Å². The van der Waals surface area contributed by atoms with E-state index in [2.05, 4.69) is 254 Å². The Labute approximate surface area is 426 Å². The summed E-state index contributed by atoms with van der Waals surface area (Å²) >= 11 is 3.77. The Balaban J connectivity index is 1.09. The number of nitrogens with zero attached hydrogens (tertiary/aromatic N) is 2. The second kappa shape index (κ2) is 15.8. The fourth-order valence-electron chi connectivity index (χ4n) is 11.6. The normalized spacial score (nSPS) is 13.6. The van der Waals surface area contributed by atoms with Gasteiger partial charge < -0.3 is 9.80 Å². The Morgan fingerprint density at radius 2 is 0.746 bits per heavy atom. The van der Waals surface area contributed by atoms with Crippen LogP contribution < -0.4 is 26.2 Å². The van der Waals surface area contributed by atoms with Gasteiger partial charge in [-0.2, -0.15) is 0 Å². The molecule has 0 unspecified atom stereocenters. The third-order valence-corrected chi connectivity index (χ3v) is 17.6. The highest BCUT2D eigenvalue weighted by Crippen LogP contribution is 2.50. The minimum atomic E-state index is -0.144. The van der Waals surface area contributed by atoms with Crippen LogP contribution in [0.25, 0.3) is 62.6 Å². The van der Waals surface area contributed by atoms with Crippen LogP contribution in [0.1, 0.15) is 79.0 Å². The number of hydrogen-bond acceptors (Lipinski definition) is 4. The predicted molar refractivity (Wildman–Crippen MR) is 313 cm³/mol. The average molecular weight is 953 g/mol. The second-order valence-electron chi connectivity index (χ2n) is 23.0. The van der Waals surface area contributed by atoms with Crippen LogP contribution in [0.3, 0.4) is 0 Å². The molecule has 4 heterocycles. The Kier molecular flexibility index (Phi) is 9.80. The SMILES string of the molecule is CC(C)(C)c1ccc2c(c1)N(c1cccc(-c3cccc4sc5ccccc5c34)c1)c1cc(C(C)(C)C)cc3c1B2c1ccc(C(C)(C)C)cc1N3c1cccc(-c2cccc3sc4ccccc4c23)c1. The zero-order valence-corrected chi connectivity index (χ0v) is 43.7. The van der Waals surface area contributed by atoms with Crippen molar-refractivity contribution in [3.8, 4) is 22.3 Å². The van der Waals surface area contributed by atoms with Crippen molar-refractivity contribution in [2.45, 2.75) is 78.6 Å². The third kappa shape index (κ3) is 7.02. The van der Waals surface area contributed by atoms with Gasteiger partial charge in [0.05, 0.1) is 0 Å². The molecule has 9 aromatic carbocycles. The number of benzene rings is 9. The molecule has 0 radical (unpaired) electrons. The third-order valence-electron chi connectivity index (χ3n) is 15.3. The van der Waals surface area contributed by atoms with E-state index in [1.54, 1.807) is 0 Å². The monoisotopic (exact) mass is 952 g/mol. The van der Waals surface area contributed by atoms with Crippen molar-refractivity contribution in [2.24, 2.45) is 0 Å². The molecule has 0 bridgehead atoms. The van der Waals surface area contributed by atoms with Crippen molar-refractivity contribution in [1.29, 1.82) is 0 Å². The highest BCUT2D eigenvalue weighted by Gasteiger charge is 2.45. The molecule has 5 heteroatoms. The van der Waals surface area contributed by atoms with Crippen LogP contribution in [-0.4, -0.2) is 6.71 Å². The number of thiophene rings is 2. The molecular weight excluding hydrogens is 896 g/mol. The summed E-state index contributed by atoms with van der Waals surface area (Å²) in [6, 6.07) is 69.9. The number of fused-ring (bicyclic) bond motifs is 10. The first-order valence-electron chi connectivity index (χ1n) is 25.2. The fourth-order valence-corrected chi connectivity index (χ4v) is 13.8. The Morgan fingerprint density at radius 1 is 0.352 bits per heavy atom. The Bertz CT molecular complexity index is 3730. The molecule has 2 aliphatic rings. The van der Waals surface area contributed by atoms with Gasteiger partial charge in [-0.05, 0) is 144 Å². The van der Waals surface area contributed by atoms with E-state index in [0.29, 0.717) is 0 Å². The molecule has 0 fully saturated rings. The molecule has 0 aliphatic carbocycles. The molecular formula is C66H57BN2S2. The van der Waals surface area contributed by atoms with Crippen LogP contribution in [-0.2, 0) is 16.2 Å². The van der Waals surface area contributed by atoms with E-state index in [4.69, 9.17) is 0 Å². The molecule has 346 valence electrons. The van der Waals surface area contributed by atoms with Gasteiger partial charge >= 0.3 is 0 Å². The van der Waals surface area contributed by atoms with Gasteiger partial charge in [0.1, 0.15) is 0 Å². The predicted octanol–water partition coefficient (Wildman–Crippen LogP) is 17.7. The summed E-state index contributed by atoms with van der Waals surface area (Å²) in [6.45, 7) is 21.2. The van der Waals surface area contributed by atoms with E-state index in [1.165, 1.54) is 118 Å². The van der Waals surface area contributed by atoms with Crippen LogP contribution in [0, 0.1) is 0 Å². The van der Waals surface area contributed by atoms with Gasteiger partial charge in [0.25, 0.3) is 6.71 Å². The summed E-state index contributed by atoms with van der Waals surface area (Å²) in [4.78, 5) is 5.24. The van der Waals surface area contributed by atoms with Crippen LogP contribution in [0.2, 0.25) is 0 Å². The lowest BCUT2D eigenvalue weighted by molar-refractivity contribution is 0.590. The van der Waals surface area contributed by atoms with Gasteiger partial charge in [-0.25, -0.2) is 0 Å². The molecule has 0 amide bonds. The topological polar surface area (TPSA) is 6.48 Å². The van der Waals surface area contributed by atoms with Crippen molar-refractivity contribution < 1.29 is 0 Å². The summed E-state index contributed by atoms with van der Waals surface area (Å²) in [5.41, 5.74) is 20.0. The maximum absolute atomic E-state index is 2.62. The van der Waals surface area contributed by atoms with Crippen molar-refractivity contribution in [1.82, 2.24) is 0 Å². The molecule has 13 rings (SSSR count). The maximum atomic E-state index is 2.62. The Hall–Kier alpha value is -6.92. The zero-order valence-electron chi connectivity index (χ0n) is 42.1. The average Bonchev–Trinajstić information content (AvgIpc) is 3.94. The van der Waals surface area contributed by atoms with Crippen LogP contribution in [0.4, 0.5) is 34.1 Å². The number of hydrogen-bond donors (Lipinski definition) is 0. The molecule has 2 nitrogen and oxygen atoms in total.